The second-order valence-corrected chi connectivity index (χ2v) is 7.48. The number of imidazole rings is 1. The number of guanidine groups is 1. The zero-order chi connectivity index (χ0) is 19.6. The molecule has 0 unspecified atom stereocenters. The van der Waals surface area contributed by atoms with Gasteiger partial charge in [0.05, 0.1) is 17.4 Å². The minimum atomic E-state index is 0.585. The van der Waals surface area contributed by atoms with E-state index in [1.165, 1.54) is 5.52 Å². The van der Waals surface area contributed by atoms with Crippen molar-refractivity contribution in [3.8, 4) is 0 Å². The lowest BCUT2D eigenvalue weighted by Crippen LogP contribution is -2.41. The van der Waals surface area contributed by atoms with Crippen LogP contribution in [0.3, 0.4) is 0 Å². The van der Waals surface area contributed by atoms with Crippen molar-refractivity contribution in [3.63, 3.8) is 0 Å². The summed E-state index contributed by atoms with van der Waals surface area (Å²) in [7, 11) is 1.83. The van der Waals surface area contributed by atoms with Gasteiger partial charge in [0.15, 0.2) is 5.96 Å². The number of hydrogen-bond donors (Lipinski definition) is 2. The second kappa shape index (κ2) is 10.9. The summed E-state index contributed by atoms with van der Waals surface area (Å²) in [6.07, 6.45) is 4.06. The number of aryl methyl sites for hydroxylation is 1. The first-order valence-electron chi connectivity index (χ1n) is 10.1. The van der Waals surface area contributed by atoms with E-state index in [4.69, 9.17) is 0 Å². The predicted octanol–water partition coefficient (Wildman–Crippen LogP) is 3.10. The monoisotopic (exact) mass is 372 g/mol. The lowest BCUT2D eigenvalue weighted by molar-refractivity contribution is 0.173. The average molecular weight is 373 g/mol. The molecule has 1 aromatic carbocycles. The molecule has 1 aromatic heterocycles. The number of benzene rings is 1. The van der Waals surface area contributed by atoms with Crippen molar-refractivity contribution >= 4 is 17.0 Å². The van der Waals surface area contributed by atoms with Crippen LogP contribution in [0, 0.1) is 0 Å². The van der Waals surface area contributed by atoms with Crippen LogP contribution in [0.5, 0.6) is 0 Å². The predicted molar refractivity (Wildman–Crippen MR) is 115 cm³/mol. The van der Waals surface area contributed by atoms with Gasteiger partial charge in [-0.05, 0) is 52.7 Å². The number of rotatable bonds is 10. The van der Waals surface area contributed by atoms with Crippen LogP contribution in [0.25, 0.3) is 11.0 Å². The van der Waals surface area contributed by atoms with Crippen LogP contribution in [0.1, 0.15) is 40.5 Å². The van der Waals surface area contributed by atoms with E-state index in [1.54, 1.807) is 0 Å². The Morgan fingerprint density at radius 1 is 1.07 bits per heavy atom. The lowest BCUT2D eigenvalue weighted by Gasteiger charge is -2.30. The van der Waals surface area contributed by atoms with Crippen molar-refractivity contribution in [1.82, 2.24) is 25.1 Å². The van der Waals surface area contributed by atoms with E-state index in [2.05, 4.69) is 76.0 Å². The number of para-hydroxylation sites is 2. The Balaban J connectivity index is 1.65. The Bertz CT molecular complexity index is 696. The topological polar surface area (TPSA) is 57.5 Å². The summed E-state index contributed by atoms with van der Waals surface area (Å²) >= 11 is 0. The molecule has 2 N–H and O–H groups in total. The summed E-state index contributed by atoms with van der Waals surface area (Å²) in [6.45, 7) is 12.9. The third kappa shape index (κ3) is 6.54. The Kier molecular flexibility index (Phi) is 8.58. The van der Waals surface area contributed by atoms with Crippen LogP contribution in [0.15, 0.2) is 35.6 Å². The molecule has 0 aliphatic carbocycles. The first-order valence-corrected chi connectivity index (χ1v) is 10.1. The Labute approximate surface area is 164 Å². The minimum absolute atomic E-state index is 0.585. The maximum Gasteiger partial charge on any atom is 0.190 e. The molecule has 0 radical (unpaired) electrons. The van der Waals surface area contributed by atoms with Gasteiger partial charge in [0.1, 0.15) is 0 Å². The van der Waals surface area contributed by atoms with Gasteiger partial charge in [-0.1, -0.05) is 12.1 Å². The largest absolute Gasteiger partial charge is 0.356 e. The molecule has 0 aliphatic rings. The molecule has 0 atom stereocenters. The van der Waals surface area contributed by atoms with Gasteiger partial charge < -0.3 is 15.2 Å². The summed E-state index contributed by atoms with van der Waals surface area (Å²) in [5.41, 5.74) is 2.25. The molecule has 6 heteroatoms. The fourth-order valence-electron chi connectivity index (χ4n) is 3.45. The van der Waals surface area contributed by atoms with E-state index in [9.17, 15) is 0 Å². The number of aromatic nitrogens is 2. The molecule has 0 saturated heterocycles. The molecular formula is C21H36N6. The number of aliphatic imine (C=N–C) groups is 1. The molecule has 0 spiro atoms. The molecular weight excluding hydrogens is 336 g/mol. The van der Waals surface area contributed by atoms with Gasteiger partial charge in [-0.3, -0.25) is 9.89 Å². The summed E-state index contributed by atoms with van der Waals surface area (Å²) < 4.78 is 2.21. The highest BCUT2D eigenvalue weighted by atomic mass is 15.2. The van der Waals surface area contributed by atoms with E-state index >= 15 is 0 Å². The zero-order valence-electron chi connectivity index (χ0n) is 17.6. The summed E-state index contributed by atoms with van der Waals surface area (Å²) in [6, 6.07) is 9.43. The van der Waals surface area contributed by atoms with Crippen molar-refractivity contribution in [3.05, 3.63) is 30.6 Å². The van der Waals surface area contributed by atoms with E-state index in [-0.39, 0.29) is 0 Å². The molecule has 27 heavy (non-hydrogen) atoms. The standard InChI is InChI=1S/C21H36N6/c1-17(2)27(18(3)4)15-9-13-24-21(22-5)23-12-8-14-26-16-25-19-10-6-7-11-20(19)26/h6-7,10-11,16-18H,8-9,12-15H2,1-5H3,(H2,22,23,24). The normalized spacial score (nSPS) is 12.5. The van der Waals surface area contributed by atoms with Crippen LogP contribution < -0.4 is 10.6 Å². The van der Waals surface area contributed by atoms with Crippen LogP contribution in [0.2, 0.25) is 0 Å². The number of hydrogen-bond acceptors (Lipinski definition) is 3. The third-order valence-corrected chi connectivity index (χ3v) is 4.83. The van der Waals surface area contributed by atoms with E-state index in [0.29, 0.717) is 12.1 Å². The van der Waals surface area contributed by atoms with Gasteiger partial charge in [0, 0.05) is 45.3 Å². The molecule has 0 aliphatic heterocycles. The highest BCUT2D eigenvalue weighted by Crippen LogP contribution is 2.11. The van der Waals surface area contributed by atoms with Crippen molar-refractivity contribution in [2.45, 2.75) is 59.2 Å². The first kappa shape index (κ1) is 21.2. The maximum atomic E-state index is 4.44. The molecule has 0 bridgehead atoms. The first-order chi connectivity index (χ1) is 13.0. The average Bonchev–Trinajstić information content (AvgIpc) is 3.05. The fraction of sp³-hybridized carbons (Fsp3) is 0.619. The van der Waals surface area contributed by atoms with Crippen LogP contribution in [0.4, 0.5) is 0 Å². The molecule has 0 fully saturated rings. The molecule has 150 valence electrons. The SMILES string of the molecule is CN=C(NCCCN(C(C)C)C(C)C)NCCCn1cnc2ccccc21. The van der Waals surface area contributed by atoms with Gasteiger partial charge in [0.2, 0.25) is 0 Å². The van der Waals surface area contributed by atoms with E-state index in [1.807, 2.05) is 19.4 Å². The highest BCUT2D eigenvalue weighted by molar-refractivity contribution is 5.79. The molecule has 2 aromatic rings. The minimum Gasteiger partial charge on any atom is -0.356 e. The smallest absolute Gasteiger partial charge is 0.190 e. The van der Waals surface area contributed by atoms with E-state index in [0.717, 1.165) is 50.5 Å². The molecule has 6 nitrogen and oxygen atoms in total. The van der Waals surface area contributed by atoms with Crippen LogP contribution in [-0.4, -0.2) is 59.2 Å². The van der Waals surface area contributed by atoms with Crippen molar-refractivity contribution in [2.24, 2.45) is 4.99 Å². The highest BCUT2D eigenvalue weighted by Gasteiger charge is 2.12. The van der Waals surface area contributed by atoms with Crippen molar-refractivity contribution in [2.75, 3.05) is 26.7 Å². The summed E-state index contributed by atoms with van der Waals surface area (Å²) in [5, 5.41) is 6.82. The van der Waals surface area contributed by atoms with Crippen molar-refractivity contribution < 1.29 is 0 Å². The number of fused-ring (bicyclic) bond motifs is 1. The maximum absolute atomic E-state index is 4.44. The second-order valence-electron chi connectivity index (χ2n) is 7.48. The Morgan fingerprint density at radius 2 is 1.74 bits per heavy atom. The summed E-state index contributed by atoms with van der Waals surface area (Å²) in [4.78, 5) is 11.3. The van der Waals surface area contributed by atoms with Crippen molar-refractivity contribution in [1.29, 1.82) is 0 Å². The van der Waals surface area contributed by atoms with Crippen LogP contribution >= 0.6 is 0 Å². The lowest BCUT2D eigenvalue weighted by atomic mass is 10.2. The fourth-order valence-corrected chi connectivity index (χ4v) is 3.45. The molecule has 0 amide bonds. The summed E-state index contributed by atoms with van der Waals surface area (Å²) in [5.74, 6) is 0.881. The third-order valence-electron chi connectivity index (χ3n) is 4.83. The zero-order valence-corrected chi connectivity index (χ0v) is 17.6. The van der Waals surface area contributed by atoms with E-state index < -0.39 is 0 Å². The number of nitrogens with zero attached hydrogens (tertiary/aromatic N) is 4. The van der Waals surface area contributed by atoms with Gasteiger partial charge in [0.25, 0.3) is 0 Å². The van der Waals surface area contributed by atoms with Gasteiger partial charge in [-0.25, -0.2) is 4.98 Å². The van der Waals surface area contributed by atoms with Gasteiger partial charge in [-0.15, -0.1) is 0 Å². The Morgan fingerprint density at radius 3 is 2.41 bits per heavy atom. The molecule has 1 heterocycles. The molecule has 2 rings (SSSR count). The Hall–Kier alpha value is -2.08. The number of nitrogens with one attached hydrogen (secondary N) is 2. The molecule has 0 saturated carbocycles. The quantitative estimate of drug-likeness (QED) is 0.382. The van der Waals surface area contributed by atoms with Gasteiger partial charge in [-0.2, -0.15) is 0 Å². The van der Waals surface area contributed by atoms with Gasteiger partial charge >= 0.3 is 0 Å². The van der Waals surface area contributed by atoms with Crippen LogP contribution in [-0.2, 0) is 6.54 Å².